The average Bonchev–Trinajstić information content (AvgIpc) is 3.24. The number of hydrogen-bond donors (Lipinski definition) is 0. The van der Waals surface area contributed by atoms with Crippen molar-refractivity contribution in [1.82, 2.24) is 0 Å². The van der Waals surface area contributed by atoms with Crippen LogP contribution in [-0.2, 0) is 26.2 Å². The number of fused-ring (bicyclic) bond motifs is 2. The van der Waals surface area contributed by atoms with Crippen LogP contribution in [0.5, 0.6) is 0 Å². The smallest absolute Gasteiger partial charge is 1.00 e. The van der Waals surface area contributed by atoms with Gasteiger partial charge >= 0.3 is 26.2 Å². The van der Waals surface area contributed by atoms with Crippen LogP contribution in [0.25, 0.3) is 11.6 Å². The third-order valence-corrected chi connectivity index (χ3v) is 15.9. The summed E-state index contributed by atoms with van der Waals surface area (Å²) in [4.78, 5) is 0. The van der Waals surface area contributed by atoms with E-state index in [1.165, 1.54) is 32.7 Å². The molecule has 1 atom stereocenters. The van der Waals surface area contributed by atoms with Gasteiger partial charge in [0.25, 0.3) is 0 Å². The number of benzene rings is 1. The van der Waals surface area contributed by atoms with Crippen molar-refractivity contribution in [2.75, 3.05) is 0 Å². The van der Waals surface area contributed by atoms with Gasteiger partial charge in [-0.05, 0) is 18.4 Å². The van der Waals surface area contributed by atoms with Crippen molar-refractivity contribution in [1.29, 1.82) is 0 Å². The molecule has 1 aromatic rings. The summed E-state index contributed by atoms with van der Waals surface area (Å²) < 4.78 is 0. The molecule has 0 heterocycles. The maximum Gasteiger partial charge on any atom is 3.00 e. The van der Waals surface area contributed by atoms with Crippen LogP contribution >= 0.6 is 0 Å². The normalized spacial score (nSPS) is 21.2. The minimum atomic E-state index is -1.61. The number of hydrogen-bond acceptors (Lipinski definition) is 0. The maximum atomic E-state index is 4.01. The van der Waals surface area contributed by atoms with Gasteiger partial charge in [0.05, 0.1) is 24.2 Å². The Morgan fingerprint density at radius 3 is 1.94 bits per heavy atom. The summed E-state index contributed by atoms with van der Waals surface area (Å²) in [5.41, 5.74) is 7.39. The van der Waals surface area contributed by atoms with E-state index in [4.69, 9.17) is 0 Å². The summed E-state index contributed by atoms with van der Waals surface area (Å²) in [6, 6.07) is 4.86. The second kappa shape index (κ2) is 10.7. The van der Waals surface area contributed by atoms with Crippen LogP contribution in [0.2, 0.25) is 64.0 Å². The van der Waals surface area contributed by atoms with E-state index in [1.807, 2.05) is 0 Å². The third kappa shape index (κ3) is 5.45. The van der Waals surface area contributed by atoms with Gasteiger partial charge in [0.2, 0.25) is 0 Å². The van der Waals surface area contributed by atoms with Crippen LogP contribution in [0.3, 0.4) is 0 Å². The first-order valence-electron chi connectivity index (χ1n) is 12.2. The Hall–Kier alpha value is 0.0338. The molecule has 6 heteroatoms. The summed E-state index contributed by atoms with van der Waals surface area (Å²) >= 11 is 0. The van der Waals surface area contributed by atoms with E-state index in [9.17, 15) is 0 Å². The van der Waals surface area contributed by atoms with Crippen LogP contribution in [-0.4, -0.2) is 24.2 Å². The molecule has 1 unspecified atom stereocenters. The number of halogens is 2. The molecule has 4 rings (SSSR count). The summed E-state index contributed by atoms with van der Waals surface area (Å²) in [5, 5.41) is 6.33. The fourth-order valence-electron chi connectivity index (χ4n) is 5.97. The molecule has 0 nitrogen and oxygen atoms in total. The maximum absolute atomic E-state index is 4.01. The predicted molar refractivity (Wildman–Crippen MR) is 152 cm³/mol. The minimum absolute atomic E-state index is 0. The predicted octanol–water partition coefficient (Wildman–Crippen LogP) is 0.466. The molecule has 0 aliphatic heterocycles. The van der Waals surface area contributed by atoms with Crippen molar-refractivity contribution in [3.05, 3.63) is 74.4 Å². The standard InChI is InChI=1S/C29H41Si3.2ClH.Zr/c1-20-16-22-18-24-23(27(22)25(17-20)30(3,4)5)19-26(31(6,7)8)29(2,32(9,10)11)28(24)21-14-12-13-15-21;;;/h12-14,16-17,19H,15H2,1-11H3;2*1H;/q-1;;;+3/p-2. The van der Waals surface area contributed by atoms with E-state index in [2.05, 4.69) is 115 Å². The van der Waals surface area contributed by atoms with Crippen molar-refractivity contribution in [3.63, 3.8) is 0 Å². The van der Waals surface area contributed by atoms with Crippen molar-refractivity contribution >= 4 is 41.1 Å². The summed E-state index contributed by atoms with van der Waals surface area (Å²) in [6.45, 7) is 27.7. The molecular weight excluding hydrogens is 595 g/mol. The Kier molecular flexibility index (Phi) is 10.1. The largest absolute Gasteiger partial charge is 3.00 e. The minimum Gasteiger partial charge on any atom is -1.00 e. The monoisotopic (exact) mass is 633 g/mol. The van der Waals surface area contributed by atoms with Crippen molar-refractivity contribution < 1.29 is 51.0 Å². The average molecular weight is 636 g/mol. The van der Waals surface area contributed by atoms with Crippen molar-refractivity contribution in [2.24, 2.45) is 0 Å². The SMILES string of the molecule is Cc1cc([Si](C)(C)C)c2c(c1)=[C-]C1=C(C3=CC=CC3)C(C)([Si](C)(C)C)C([Si](C)(C)C)=CC=21.[Cl-].[Cl-].[Zr+3]. The van der Waals surface area contributed by atoms with Crippen molar-refractivity contribution in [3.8, 4) is 0 Å². The molecule has 187 valence electrons. The Balaban J connectivity index is 0.00000204. The molecular formula is C29H41Cl2Si3Zr. The summed E-state index contributed by atoms with van der Waals surface area (Å²) in [6.07, 6.45) is 14.7. The third-order valence-electron chi connectivity index (χ3n) is 7.87. The van der Waals surface area contributed by atoms with Gasteiger partial charge in [0, 0.05) is 0 Å². The van der Waals surface area contributed by atoms with E-state index in [0.717, 1.165) is 6.42 Å². The Morgan fingerprint density at radius 2 is 1.49 bits per heavy atom. The molecule has 0 bridgehead atoms. The number of rotatable bonds is 4. The molecule has 0 saturated heterocycles. The van der Waals surface area contributed by atoms with Crippen LogP contribution < -0.4 is 40.4 Å². The zero-order chi connectivity index (χ0) is 23.9. The molecule has 1 aromatic carbocycles. The Morgan fingerprint density at radius 1 is 0.886 bits per heavy atom. The van der Waals surface area contributed by atoms with E-state index < -0.39 is 24.2 Å². The zero-order valence-electron chi connectivity index (χ0n) is 23.4. The topological polar surface area (TPSA) is 0 Å². The zero-order valence-corrected chi connectivity index (χ0v) is 30.4. The molecule has 35 heavy (non-hydrogen) atoms. The van der Waals surface area contributed by atoms with Gasteiger partial charge in [-0.15, -0.1) is 33.7 Å². The second-order valence-corrected chi connectivity index (χ2v) is 28.9. The van der Waals surface area contributed by atoms with Crippen LogP contribution in [0, 0.1) is 6.92 Å². The number of aryl methyl sites for hydroxylation is 1. The molecule has 3 aliphatic carbocycles. The van der Waals surface area contributed by atoms with E-state index >= 15 is 0 Å². The number of allylic oxidation sites excluding steroid dienone is 8. The van der Waals surface area contributed by atoms with Gasteiger partial charge < -0.3 is 24.8 Å². The molecule has 0 N–H and O–H groups in total. The van der Waals surface area contributed by atoms with E-state index in [0.29, 0.717) is 0 Å². The quantitative estimate of drug-likeness (QED) is 0.334. The van der Waals surface area contributed by atoms with Gasteiger partial charge in [-0.2, -0.15) is 0 Å². The molecule has 0 fully saturated rings. The fourth-order valence-corrected chi connectivity index (χ4v) is 14.0. The van der Waals surface area contributed by atoms with Gasteiger partial charge in [0.15, 0.2) is 0 Å². The van der Waals surface area contributed by atoms with Crippen LogP contribution in [0.1, 0.15) is 18.9 Å². The second-order valence-electron chi connectivity index (χ2n) is 13.3. The fraction of sp³-hybridized carbons (Fsp3) is 0.448. The Bertz CT molecular complexity index is 1260. The molecule has 3 aliphatic rings. The molecule has 0 saturated carbocycles. The molecule has 0 amide bonds. The molecule has 0 spiro atoms. The van der Waals surface area contributed by atoms with Gasteiger partial charge in [-0.25, -0.2) is 0 Å². The van der Waals surface area contributed by atoms with Gasteiger partial charge in [0.1, 0.15) is 0 Å². The van der Waals surface area contributed by atoms with Gasteiger partial charge in [-0.3, -0.25) is 0 Å². The molecule has 1 radical (unpaired) electrons. The summed E-state index contributed by atoms with van der Waals surface area (Å²) in [5.74, 6) is 0. The van der Waals surface area contributed by atoms with E-state index in [1.54, 1.807) is 16.0 Å². The van der Waals surface area contributed by atoms with Gasteiger partial charge in [-0.1, -0.05) is 123 Å². The summed E-state index contributed by atoms with van der Waals surface area (Å²) in [7, 11) is -4.70. The first-order chi connectivity index (χ1) is 14.6. The molecule has 0 aromatic heterocycles. The Labute approximate surface area is 248 Å². The first-order valence-corrected chi connectivity index (χ1v) is 22.7. The van der Waals surface area contributed by atoms with Crippen LogP contribution in [0.4, 0.5) is 0 Å². The van der Waals surface area contributed by atoms with Crippen molar-refractivity contribution in [2.45, 2.75) is 84.2 Å². The van der Waals surface area contributed by atoms with Crippen LogP contribution in [0.15, 0.2) is 58.4 Å². The van der Waals surface area contributed by atoms with E-state index in [-0.39, 0.29) is 56.1 Å². The first kappa shape index (κ1) is 33.1.